The van der Waals surface area contributed by atoms with Crippen LogP contribution in [0.25, 0.3) is 10.9 Å². The zero-order valence-electron chi connectivity index (χ0n) is 36.3. The molecule has 1 aromatic heterocycles. The van der Waals surface area contributed by atoms with Crippen LogP contribution in [0.1, 0.15) is 46.1 Å². The van der Waals surface area contributed by atoms with Gasteiger partial charge in [-0.05, 0) is 50.7 Å². The fourth-order valence-electron chi connectivity index (χ4n) is 6.87. The molecule has 0 saturated carbocycles. The summed E-state index contributed by atoms with van der Waals surface area (Å²) < 4.78 is 0. The molecule has 1 aliphatic heterocycles. The number of aliphatic hydroxyl groups is 3. The van der Waals surface area contributed by atoms with Gasteiger partial charge in [0.15, 0.2) is 0 Å². The van der Waals surface area contributed by atoms with Crippen molar-refractivity contribution in [3.63, 3.8) is 0 Å². The molecule has 14 N–H and O–H groups in total. The lowest BCUT2D eigenvalue weighted by atomic mass is 10.0. The molecule has 0 spiro atoms. The number of benzene rings is 1. The van der Waals surface area contributed by atoms with Crippen LogP contribution in [0.2, 0.25) is 0 Å². The van der Waals surface area contributed by atoms with Crippen molar-refractivity contribution >= 4 is 89.4 Å². The van der Waals surface area contributed by atoms with Crippen LogP contribution >= 0.6 is 25.3 Å². The number of para-hydroxylation sites is 1. The summed E-state index contributed by atoms with van der Waals surface area (Å²) in [4.78, 5) is 121. The average molecular weight is 953 g/mol. The summed E-state index contributed by atoms with van der Waals surface area (Å²) in [6.07, 6.45) is -0.550. The number of likely N-dealkylation sites (tertiary alicyclic amines) is 1. The number of aliphatic carboxylic acids is 1. The molecule has 0 radical (unpaired) electrons. The molecule has 3 rings (SSSR count). The molecule has 10 atom stereocenters. The Morgan fingerprint density at radius 2 is 1.31 bits per heavy atom. The molecular formula is C40H60N10O13S2. The van der Waals surface area contributed by atoms with Gasteiger partial charge in [-0.3, -0.25) is 43.2 Å². The number of carbonyl (C=O) groups is 9. The van der Waals surface area contributed by atoms with E-state index in [2.05, 4.69) is 67.5 Å². The van der Waals surface area contributed by atoms with E-state index in [4.69, 9.17) is 10.8 Å². The van der Waals surface area contributed by atoms with Gasteiger partial charge >= 0.3 is 5.97 Å². The highest BCUT2D eigenvalue weighted by atomic mass is 32.1. The van der Waals surface area contributed by atoms with Crippen molar-refractivity contribution in [2.75, 3.05) is 31.2 Å². The minimum absolute atomic E-state index is 0.0804. The molecule has 360 valence electrons. The second kappa shape index (κ2) is 25.3. The van der Waals surface area contributed by atoms with Crippen molar-refractivity contribution in [2.45, 2.75) is 108 Å². The third-order valence-electron chi connectivity index (χ3n) is 10.5. The van der Waals surface area contributed by atoms with Crippen molar-refractivity contribution in [2.24, 2.45) is 11.7 Å². The first-order valence-corrected chi connectivity index (χ1v) is 22.0. The van der Waals surface area contributed by atoms with Crippen LogP contribution in [0.15, 0.2) is 30.5 Å². The normalized spacial score (nSPS) is 17.8. The lowest BCUT2D eigenvalue weighted by Crippen LogP contribution is -2.63. The molecule has 2 heterocycles. The van der Waals surface area contributed by atoms with E-state index in [1.165, 1.54) is 32.6 Å². The van der Waals surface area contributed by atoms with Crippen molar-refractivity contribution in [3.05, 3.63) is 36.0 Å². The van der Waals surface area contributed by atoms with Gasteiger partial charge in [0.05, 0.1) is 24.9 Å². The van der Waals surface area contributed by atoms with Crippen molar-refractivity contribution < 1.29 is 63.6 Å². The number of carbonyl (C=O) groups excluding carboxylic acids is 8. The summed E-state index contributed by atoms with van der Waals surface area (Å²) >= 11 is 8.16. The Balaban J connectivity index is 1.63. The average Bonchev–Trinajstić information content (AvgIpc) is 3.92. The number of carboxylic acid groups (broad SMARTS) is 1. The van der Waals surface area contributed by atoms with Crippen LogP contribution in [0.5, 0.6) is 0 Å². The maximum absolute atomic E-state index is 13.8. The number of carboxylic acids is 1. The Kier molecular flexibility index (Phi) is 21.0. The molecule has 10 unspecified atom stereocenters. The van der Waals surface area contributed by atoms with Gasteiger partial charge in [-0.2, -0.15) is 25.3 Å². The summed E-state index contributed by atoms with van der Waals surface area (Å²) in [5, 5.41) is 57.1. The standard InChI is InChI=1S/C40H60N10O13S2/c1-18(2)30(38(61)48-31(19(3)52)39(62)46-26(16-64)34(57)43-14-29(54)55)47-35(58)25(15-51)44-36(59)27(17-65)45-37(60)28-10-7-11-50(28)40(63)32(20(4)53)49-33(56)23(41)12-21-13-42-24-9-6-5-8-22(21)24/h5-6,8-9,13,18-20,23,25-28,30-32,42,51-53,64-65H,7,10-12,14-17,41H2,1-4H3,(H,43,57)(H,44,59)(H,45,60)(H,46,62)(H,47,58)(H,48,61)(H,49,56)(H,54,55). The van der Waals surface area contributed by atoms with Gasteiger partial charge in [0.2, 0.25) is 47.3 Å². The van der Waals surface area contributed by atoms with Gasteiger partial charge in [-0.25, -0.2) is 0 Å². The van der Waals surface area contributed by atoms with Gasteiger partial charge in [-0.15, -0.1) is 0 Å². The number of aliphatic hydroxyl groups excluding tert-OH is 3. The number of H-pyrrole nitrogens is 1. The lowest BCUT2D eigenvalue weighted by Gasteiger charge is -2.31. The van der Waals surface area contributed by atoms with E-state index in [1.54, 1.807) is 6.20 Å². The first-order chi connectivity index (χ1) is 30.6. The van der Waals surface area contributed by atoms with E-state index in [-0.39, 0.29) is 30.9 Å². The maximum atomic E-state index is 13.8. The van der Waals surface area contributed by atoms with Crippen LogP contribution in [0, 0.1) is 5.92 Å². The highest BCUT2D eigenvalue weighted by molar-refractivity contribution is 7.80. The second-order valence-corrected chi connectivity index (χ2v) is 16.6. The molecular weight excluding hydrogens is 893 g/mol. The summed E-state index contributed by atoms with van der Waals surface area (Å²) in [7, 11) is 0. The van der Waals surface area contributed by atoms with Gasteiger partial charge < -0.3 is 73.3 Å². The molecule has 25 heteroatoms. The number of hydrogen-bond acceptors (Lipinski definition) is 15. The van der Waals surface area contributed by atoms with Crippen LogP contribution in [0.3, 0.4) is 0 Å². The van der Waals surface area contributed by atoms with Gasteiger partial charge in [0.25, 0.3) is 0 Å². The number of fused-ring (bicyclic) bond motifs is 1. The molecule has 23 nitrogen and oxygen atoms in total. The number of nitrogens with zero attached hydrogens (tertiary/aromatic N) is 1. The number of hydrogen-bond donors (Lipinski definition) is 15. The van der Waals surface area contributed by atoms with Gasteiger partial charge in [0.1, 0.15) is 48.8 Å². The zero-order valence-corrected chi connectivity index (χ0v) is 38.1. The fourth-order valence-corrected chi connectivity index (χ4v) is 7.38. The number of aromatic amines is 1. The minimum Gasteiger partial charge on any atom is -0.480 e. The van der Waals surface area contributed by atoms with E-state index in [0.29, 0.717) is 6.42 Å². The Morgan fingerprint density at radius 1 is 0.754 bits per heavy atom. The number of rotatable bonds is 24. The number of nitrogens with one attached hydrogen (secondary N) is 8. The largest absolute Gasteiger partial charge is 0.480 e. The Hall–Kier alpha value is -5.47. The van der Waals surface area contributed by atoms with Crippen LogP contribution in [-0.2, 0) is 49.6 Å². The highest BCUT2D eigenvalue weighted by Crippen LogP contribution is 2.21. The smallest absolute Gasteiger partial charge is 0.322 e. The summed E-state index contributed by atoms with van der Waals surface area (Å²) in [5.74, 6) is -9.79. The molecule has 2 aromatic rings. The lowest BCUT2D eigenvalue weighted by molar-refractivity contribution is -0.144. The third kappa shape index (κ3) is 15.0. The van der Waals surface area contributed by atoms with Crippen molar-refractivity contribution in [1.29, 1.82) is 0 Å². The summed E-state index contributed by atoms with van der Waals surface area (Å²) in [6.45, 7) is 3.88. The Morgan fingerprint density at radius 3 is 1.89 bits per heavy atom. The monoisotopic (exact) mass is 952 g/mol. The first kappa shape index (κ1) is 53.9. The fraction of sp³-hybridized carbons (Fsp3) is 0.575. The van der Waals surface area contributed by atoms with Gasteiger partial charge in [0, 0.05) is 35.2 Å². The molecule has 1 fully saturated rings. The molecule has 8 amide bonds. The molecule has 1 aromatic carbocycles. The van der Waals surface area contributed by atoms with Gasteiger partial charge in [-0.1, -0.05) is 32.0 Å². The Labute approximate surface area is 385 Å². The van der Waals surface area contributed by atoms with E-state index >= 15 is 0 Å². The third-order valence-corrected chi connectivity index (χ3v) is 11.2. The number of thiol groups is 2. The van der Waals surface area contributed by atoms with E-state index < -0.39 is 133 Å². The summed E-state index contributed by atoms with van der Waals surface area (Å²) in [6, 6.07) is -3.81. The quantitative estimate of drug-likeness (QED) is 0.0441. The van der Waals surface area contributed by atoms with Crippen LogP contribution in [0.4, 0.5) is 0 Å². The van der Waals surface area contributed by atoms with Crippen LogP contribution < -0.4 is 43.0 Å². The molecule has 1 saturated heterocycles. The molecule has 65 heavy (non-hydrogen) atoms. The molecule has 0 aliphatic carbocycles. The minimum atomic E-state index is -1.69. The maximum Gasteiger partial charge on any atom is 0.322 e. The van der Waals surface area contributed by atoms with Crippen molar-refractivity contribution in [3.8, 4) is 0 Å². The predicted molar refractivity (Wildman–Crippen MR) is 240 cm³/mol. The van der Waals surface area contributed by atoms with Crippen molar-refractivity contribution in [1.82, 2.24) is 47.1 Å². The number of aromatic nitrogens is 1. The van der Waals surface area contributed by atoms with E-state index in [0.717, 1.165) is 16.5 Å². The number of amides is 8. The Bertz CT molecular complexity index is 2040. The van der Waals surface area contributed by atoms with E-state index in [1.807, 2.05) is 24.3 Å². The molecule has 1 aliphatic rings. The highest BCUT2D eigenvalue weighted by Gasteiger charge is 2.41. The SMILES string of the molecule is CC(C)C(NC(=O)C(CO)NC(=O)C(CS)NC(=O)C1CCCN1C(=O)C(NC(=O)C(N)Cc1c[nH]c2ccccc12)C(C)O)C(=O)NC(C(=O)NC(CS)C(=O)NCC(=O)O)C(C)O. The van der Waals surface area contributed by atoms with E-state index in [9.17, 15) is 58.5 Å². The predicted octanol–water partition coefficient (Wildman–Crippen LogP) is -4.59. The number of nitrogens with two attached hydrogens (primary N) is 1. The summed E-state index contributed by atoms with van der Waals surface area (Å²) in [5.41, 5.74) is 7.84. The molecule has 0 bridgehead atoms. The zero-order chi connectivity index (χ0) is 48.7. The second-order valence-electron chi connectivity index (χ2n) is 15.9. The first-order valence-electron chi connectivity index (χ1n) is 20.8. The topological polar surface area (TPSA) is 364 Å². The van der Waals surface area contributed by atoms with Crippen LogP contribution in [-0.4, -0.2) is 175 Å².